The zero-order valence-electron chi connectivity index (χ0n) is 8.99. The Hall–Kier alpha value is -0.570. The lowest BCUT2D eigenvalue weighted by molar-refractivity contribution is -0.00660. The van der Waals surface area contributed by atoms with Crippen LogP contribution in [0.4, 0.5) is 0 Å². The molecule has 15 heavy (non-hydrogen) atoms. The van der Waals surface area contributed by atoms with Crippen LogP contribution in [0.1, 0.15) is 18.9 Å². The van der Waals surface area contributed by atoms with E-state index in [9.17, 15) is 0 Å². The lowest BCUT2D eigenvalue weighted by Crippen LogP contribution is -2.18. The highest BCUT2D eigenvalue weighted by atomic mass is 35.5. The van der Waals surface area contributed by atoms with Crippen molar-refractivity contribution in [2.45, 2.75) is 26.1 Å². The molecule has 1 atom stereocenters. The van der Waals surface area contributed by atoms with E-state index in [0.717, 1.165) is 6.42 Å². The van der Waals surface area contributed by atoms with Crippen molar-refractivity contribution >= 4 is 11.6 Å². The second kappa shape index (κ2) is 7.69. The molecule has 0 N–H and O–H groups in total. The first-order valence-electron chi connectivity index (χ1n) is 5.16. The second-order valence-corrected chi connectivity index (χ2v) is 3.52. The Balaban J connectivity index is 2.20. The van der Waals surface area contributed by atoms with Gasteiger partial charge in [0.05, 0.1) is 19.3 Å². The number of rotatable bonds is 7. The van der Waals surface area contributed by atoms with Gasteiger partial charge < -0.3 is 9.47 Å². The van der Waals surface area contributed by atoms with Gasteiger partial charge in [0.25, 0.3) is 0 Å². The number of hydrogen-bond donors (Lipinski definition) is 0. The molecule has 0 spiro atoms. The average molecular weight is 229 g/mol. The molecule has 0 fully saturated rings. The summed E-state index contributed by atoms with van der Waals surface area (Å²) in [6.45, 7) is 3.28. The van der Waals surface area contributed by atoms with Crippen molar-refractivity contribution in [3.05, 3.63) is 35.9 Å². The monoisotopic (exact) mass is 228 g/mol. The van der Waals surface area contributed by atoms with Crippen molar-refractivity contribution in [2.24, 2.45) is 0 Å². The fourth-order valence-corrected chi connectivity index (χ4v) is 1.43. The van der Waals surface area contributed by atoms with Crippen LogP contribution in [-0.2, 0) is 16.1 Å². The highest BCUT2D eigenvalue weighted by Crippen LogP contribution is 2.04. The normalized spacial score (nSPS) is 12.7. The van der Waals surface area contributed by atoms with Gasteiger partial charge in [-0.1, -0.05) is 48.9 Å². The molecule has 0 aromatic heterocycles. The Labute approximate surface area is 96.2 Å². The summed E-state index contributed by atoms with van der Waals surface area (Å²) in [6.07, 6.45) is 1.02. The van der Waals surface area contributed by atoms with Crippen molar-refractivity contribution < 1.29 is 9.47 Å². The molecule has 0 radical (unpaired) electrons. The van der Waals surface area contributed by atoms with E-state index < -0.39 is 0 Å². The number of ether oxygens (including phenoxy) is 2. The summed E-state index contributed by atoms with van der Waals surface area (Å²) < 4.78 is 10.8. The summed E-state index contributed by atoms with van der Waals surface area (Å²) in [5, 5.41) is 0. The van der Waals surface area contributed by atoms with Crippen molar-refractivity contribution in [3.8, 4) is 0 Å². The molecular formula is C12H17ClO2. The summed E-state index contributed by atoms with van der Waals surface area (Å²) in [4.78, 5) is 0. The molecule has 0 saturated heterocycles. The van der Waals surface area contributed by atoms with Gasteiger partial charge in [0, 0.05) is 0 Å². The molecule has 0 bridgehead atoms. The van der Waals surface area contributed by atoms with Crippen LogP contribution in [0.3, 0.4) is 0 Å². The van der Waals surface area contributed by atoms with Gasteiger partial charge in [-0.15, -0.1) is 0 Å². The summed E-state index contributed by atoms with van der Waals surface area (Å²) in [5.41, 5.74) is 1.18. The minimum absolute atomic E-state index is 0.103. The van der Waals surface area contributed by atoms with Gasteiger partial charge in [0.1, 0.15) is 6.07 Å². The molecule has 0 unspecified atom stereocenters. The first-order valence-corrected chi connectivity index (χ1v) is 5.69. The minimum atomic E-state index is 0.103. The standard InChI is InChI=1S/C12H17ClO2/c1-2-12(15-10-13)9-14-8-11-6-4-3-5-7-11/h3-7,12H,2,8-10H2,1H3/t12-/m0/s1. The zero-order valence-corrected chi connectivity index (χ0v) is 9.74. The van der Waals surface area contributed by atoms with Crippen LogP contribution < -0.4 is 0 Å². The molecule has 0 aliphatic rings. The van der Waals surface area contributed by atoms with E-state index in [2.05, 4.69) is 6.92 Å². The van der Waals surface area contributed by atoms with Crippen LogP contribution in [0.2, 0.25) is 0 Å². The lowest BCUT2D eigenvalue weighted by atomic mass is 10.2. The maximum Gasteiger partial charge on any atom is 0.121 e. The fraction of sp³-hybridized carbons (Fsp3) is 0.500. The van der Waals surface area contributed by atoms with Crippen LogP contribution in [0, 0.1) is 0 Å². The van der Waals surface area contributed by atoms with Gasteiger partial charge in [0.2, 0.25) is 0 Å². The van der Waals surface area contributed by atoms with E-state index in [1.165, 1.54) is 5.56 Å². The fourth-order valence-electron chi connectivity index (χ4n) is 1.26. The third-order valence-electron chi connectivity index (χ3n) is 2.17. The van der Waals surface area contributed by atoms with E-state index in [4.69, 9.17) is 21.1 Å². The Morgan fingerprint density at radius 2 is 2.00 bits per heavy atom. The topological polar surface area (TPSA) is 18.5 Å². The molecule has 84 valence electrons. The Morgan fingerprint density at radius 1 is 1.27 bits per heavy atom. The molecule has 2 nitrogen and oxygen atoms in total. The molecule has 0 aliphatic carbocycles. The van der Waals surface area contributed by atoms with Gasteiger partial charge >= 0.3 is 0 Å². The lowest BCUT2D eigenvalue weighted by Gasteiger charge is -2.14. The number of alkyl halides is 1. The van der Waals surface area contributed by atoms with Crippen LogP contribution in [0.25, 0.3) is 0 Å². The summed E-state index contributed by atoms with van der Waals surface area (Å²) in [6, 6.07) is 10.3. The van der Waals surface area contributed by atoms with Gasteiger partial charge in [-0.3, -0.25) is 0 Å². The minimum Gasteiger partial charge on any atom is -0.374 e. The Bertz CT molecular complexity index is 251. The maximum absolute atomic E-state index is 5.54. The van der Waals surface area contributed by atoms with E-state index in [0.29, 0.717) is 13.2 Å². The molecule has 1 aromatic carbocycles. The predicted octanol–water partition coefficient (Wildman–Crippen LogP) is 3.19. The number of hydrogen-bond acceptors (Lipinski definition) is 2. The molecule has 1 aromatic rings. The van der Waals surface area contributed by atoms with Crippen LogP contribution >= 0.6 is 11.6 Å². The molecule has 0 saturated carbocycles. The Kier molecular flexibility index (Phi) is 6.41. The quantitative estimate of drug-likeness (QED) is 0.668. The van der Waals surface area contributed by atoms with E-state index in [1.807, 2.05) is 30.3 Å². The predicted molar refractivity (Wildman–Crippen MR) is 62.0 cm³/mol. The highest BCUT2D eigenvalue weighted by Gasteiger charge is 2.05. The maximum atomic E-state index is 5.54. The summed E-state index contributed by atoms with van der Waals surface area (Å²) >= 11 is 5.49. The van der Waals surface area contributed by atoms with E-state index in [1.54, 1.807) is 0 Å². The van der Waals surface area contributed by atoms with E-state index >= 15 is 0 Å². The smallest absolute Gasteiger partial charge is 0.121 e. The van der Waals surface area contributed by atoms with Gasteiger partial charge in [0.15, 0.2) is 0 Å². The molecule has 1 rings (SSSR count). The summed E-state index contributed by atoms with van der Waals surface area (Å²) in [5.74, 6) is 0. The molecule has 0 heterocycles. The van der Waals surface area contributed by atoms with Crippen LogP contribution in [0.5, 0.6) is 0 Å². The second-order valence-electron chi connectivity index (χ2n) is 3.31. The summed E-state index contributed by atoms with van der Waals surface area (Å²) in [7, 11) is 0. The largest absolute Gasteiger partial charge is 0.374 e. The van der Waals surface area contributed by atoms with Crippen LogP contribution in [-0.4, -0.2) is 18.8 Å². The zero-order chi connectivity index (χ0) is 10.9. The molecule has 0 amide bonds. The number of benzene rings is 1. The third-order valence-corrected chi connectivity index (χ3v) is 2.30. The van der Waals surface area contributed by atoms with Gasteiger partial charge in [-0.25, -0.2) is 0 Å². The van der Waals surface area contributed by atoms with Crippen molar-refractivity contribution in [1.82, 2.24) is 0 Å². The number of halogens is 1. The first-order chi connectivity index (χ1) is 7.36. The van der Waals surface area contributed by atoms with Crippen molar-refractivity contribution in [2.75, 3.05) is 12.7 Å². The Morgan fingerprint density at radius 3 is 2.60 bits per heavy atom. The highest BCUT2D eigenvalue weighted by molar-refractivity contribution is 6.17. The van der Waals surface area contributed by atoms with Crippen molar-refractivity contribution in [3.63, 3.8) is 0 Å². The van der Waals surface area contributed by atoms with Gasteiger partial charge in [-0.05, 0) is 12.0 Å². The molecule has 3 heteroatoms. The van der Waals surface area contributed by atoms with Crippen LogP contribution in [0.15, 0.2) is 30.3 Å². The SMILES string of the molecule is CC[C@@H](COCc1ccccc1)OCCl. The average Bonchev–Trinajstić information content (AvgIpc) is 2.29. The van der Waals surface area contributed by atoms with E-state index in [-0.39, 0.29) is 12.2 Å². The van der Waals surface area contributed by atoms with Crippen molar-refractivity contribution in [1.29, 1.82) is 0 Å². The molecular weight excluding hydrogens is 212 g/mol. The first kappa shape index (κ1) is 12.5. The van der Waals surface area contributed by atoms with Gasteiger partial charge in [-0.2, -0.15) is 0 Å². The third kappa shape index (κ3) is 5.17. The molecule has 0 aliphatic heterocycles.